The van der Waals surface area contributed by atoms with E-state index in [2.05, 4.69) is 27.4 Å². The van der Waals surface area contributed by atoms with E-state index in [0.29, 0.717) is 6.04 Å². The number of hydrogen-bond donors (Lipinski definition) is 1. The summed E-state index contributed by atoms with van der Waals surface area (Å²) in [6, 6.07) is 4.83. The van der Waals surface area contributed by atoms with Gasteiger partial charge in [-0.2, -0.15) is 0 Å². The Kier molecular flexibility index (Phi) is 4.06. The zero-order chi connectivity index (χ0) is 13.1. The van der Waals surface area contributed by atoms with E-state index >= 15 is 0 Å². The van der Waals surface area contributed by atoms with Crippen molar-refractivity contribution in [2.45, 2.75) is 51.1 Å². The Morgan fingerprint density at radius 1 is 1.32 bits per heavy atom. The van der Waals surface area contributed by atoms with Crippen molar-refractivity contribution in [2.24, 2.45) is 16.6 Å². The minimum Gasteiger partial charge on any atom is -0.370 e. The van der Waals surface area contributed by atoms with Gasteiger partial charge in [-0.15, -0.1) is 11.3 Å². The largest absolute Gasteiger partial charge is 0.370 e. The number of guanidine groups is 1. The first-order valence-corrected chi connectivity index (χ1v) is 8.30. The van der Waals surface area contributed by atoms with Crippen molar-refractivity contribution in [3.8, 4) is 0 Å². The molecule has 0 saturated heterocycles. The molecular formula is C15H23N3S. The van der Waals surface area contributed by atoms with Crippen molar-refractivity contribution in [1.29, 1.82) is 0 Å². The summed E-state index contributed by atoms with van der Waals surface area (Å²) in [4.78, 5) is 8.17. The molecule has 104 valence electrons. The molecule has 2 heterocycles. The van der Waals surface area contributed by atoms with E-state index in [1.165, 1.54) is 43.4 Å². The van der Waals surface area contributed by atoms with Crippen LogP contribution in [0.3, 0.4) is 0 Å². The van der Waals surface area contributed by atoms with Gasteiger partial charge in [0, 0.05) is 4.88 Å². The van der Waals surface area contributed by atoms with Crippen molar-refractivity contribution < 1.29 is 0 Å². The van der Waals surface area contributed by atoms with Crippen LogP contribution < -0.4 is 5.73 Å². The maximum atomic E-state index is 6.07. The topological polar surface area (TPSA) is 41.6 Å². The van der Waals surface area contributed by atoms with Gasteiger partial charge in [-0.1, -0.05) is 38.2 Å². The summed E-state index contributed by atoms with van der Waals surface area (Å²) in [6.45, 7) is 1.83. The number of aliphatic imine (C=N–C) groups is 1. The lowest BCUT2D eigenvalue weighted by Crippen LogP contribution is -2.41. The van der Waals surface area contributed by atoms with E-state index in [-0.39, 0.29) is 0 Å². The van der Waals surface area contributed by atoms with E-state index in [4.69, 9.17) is 5.73 Å². The first kappa shape index (κ1) is 13.0. The monoisotopic (exact) mass is 277 g/mol. The molecule has 1 fully saturated rings. The van der Waals surface area contributed by atoms with Crippen LogP contribution in [0.15, 0.2) is 22.5 Å². The maximum Gasteiger partial charge on any atom is 0.191 e. The zero-order valence-corrected chi connectivity index (χ0v) is 12.2. The van der Waals surface area contributed by atoms with Crippen molar-refractivity contribution in [2.75, 3.05) is 6.54 Å². The predicted octanol–water partition coefficient (Wildman–Crippen LogP) is 3.22. The molecule has 1 aliphatic carbocycles. The van der Waals surface area contributed by atoms with Crippen molar-refractivity contribution in [3.63, 3.8) is 0 Å². The van der Waals surface area contributed by atoms with Crippen LogP contribution in [0, 0.1) is 5.92 Å². The molecule has 1 unspecified atom stereocenters. The SMILES string of the molecule is NC1=NCC(CC2CCCCC2)N1Cc1cccs1. The standard InChI is InChI=1S/C15H23N3S/c16-15-17-10-13(9-12-5-2-1-3-6-12)18(15)11-14-7-4-8-19-14/h4,7-8,12-13H,1-3,5-6,9-11H2,(H2,16,17). The van der Waals surface area contributed by atoms with E-state index < -0.39 is 0 Å². The molecule has 2 N–H and O–H groups in total. The third kappa shape index (κ3) is 3.11. The van der Waals surface area contributed by atoms with Crippen molar-refractivity contribution in [1.82, 2.24) is 4.90 Å². The molecule has 2 aliphatic rings. The Hall–Kier alpha value is -1.03. The van der Waals surface area contributed by atoms with Gasteiger partial charge in [0.25, 0.3) is 0 Å². The second kappa shape index (κ2) is 5.95. The summed E-state index contributed by atoms with van der Waals surface area (Å²) in [6.07, 6.45) is 8.35. The molecule has 0 bridgehead atoms. The van der Waals surface area contributed by atoms with Gasteiger partial charge in [-0.3, -0.25) is 4.99 Å². The lowest BCUT2D eigenvalue weighted by Gasteiger charge is -2.30. The smallest absolute Gasteiger partial charge is 0.191 e. The van der Waals surface area contributed by atoms with Crippen LogP contribution in [0.4, 0.5) is 0 Å². The van der Waals surface area contributed by atoms with Gasteiger partial charge in [0.15, 0.2) is 5.96 Å². The van der Waals surface area contributed by atoms with E-state index in [1.54, 1.807) is 0 Å². The molecule has 0 amide bonds. The van der Waals surface area contributed by atoms with Crippen molar-refractivity contribution >= 4 is 17.3 Å². The van der Waals surface area contributed by atoms with Crippen LogP contribution in [0.5, 0.6) is 0 Å². The molecular weight excluding hydrogens is 254 g/mol. The molecule has 3 nitrogen and oxygen atoms in total. The van der Waals surface area contributed by atoms with Gasteiger partial charge in [-0.25, -0.2) is 0 Å². The molecule has 0 radical (unpaired) electrons. The molecule has 0 spiro atoms. The summed E-state index contributed by atoms with van der Waals surface area (Å²) in [5, 5.41) is 2.13. The fourth-order valence-corrected chi connectivity index (χ4v) is 4.07. The Bertz CT molecular complexity index is 421. The Morgan fingerprint density at radius 3 is 2.89 bits per heavy atom. The summed E-state index contributed by atoms with van der Waals surface area (Å²) < 4.78 is 0. The fraction of sp³-hybridized carbons (Fsp3) is 0.667. The molecule has 19 heavy (non-hydrogen) atoms. The summed E-state index contributed by atoms with van der Waals surface area (Å²) in [7, 11) is 0. The van der Waals surface area contributed by atoms with Crippen LogP contribution in [0.25, 0.3) is 0 Å². The average Bonchev–Trinajstić information content (AvgIpc) is 3.05. The van der Waals surface area contributed by atoms with E-state index in [1.807, 2.05) is 11.3 Å². The number of thiophene rings is 1. The highest BCUT2D eigenvalue weighted by Crippen LogP contribution is 2.30. The van der Waals surface area contributed by atoms with Gasteiger partial charge < -0.3 is 10.6 Å². The van der Waals surface area contributed by atoms with Crippen LogP contribution in [0.1, 0.15) is 43.4 Å². The van der Waals surface area contributed by atoms with E-state index in [0.717, 1.165) is 25.0 Å². The molecule has 0 aromatic carbocycles. The second-order valence-electron chi connectivity index (χ2n) is 5.80. The summed E-state index contributed by atoms with van der Waals surface area (Å²) in [5.74, 6) is 1.64. The molecule has 1 aliphatic heterocycles. The van der Waals surface area contributed by atoms with Crippen molar-refractivity contribution in [3.05, 3.63) is 22.4 Å². The van der Waals surface area contributed by atoms with Gasteiger partial charge >= 0.3 is 0 Å². The zero-order valence-electron chi connectivity index (χ0n) is 11.4. The summed E-state index contributed by atoms with van der Waals surface area (Å²) in [5.41, 5.74) is 6.07. The highest BCUT2D eigenvalue weighted by Gasteiger charge is 2.29. The number of nitrogens with two attached hydrogens (primary N) is 1. The molecule has 1 saturated carbocycles. The molecule has 3 rings (SSSR count). The van der Waals surface area contributed by atoms with Crippen LogP contribution >= 0.6 is 11.3 Å². The summed E-state index contributed by atoms with van der Waals surface area (Å²) >= 11 is 1.81. The van der Waals surface area contributed by atoms with Crippen LogP contribution in [-0.4, -0.2) is 23.4 Å². The average molecular weight is 277 g/mol. The normalized spacial score (nSPS) is 24.7. The van der Waals surface area contributed by atoms with Gasteiger partial charge in [0.2, 0.25) is 0 Å². The first-order chi connectivity index (χ1) is 9.33. The molecule has 1 aromatic heterocycles. The molecule has 1 aromatic rings. The minimum absolute atomic E-state index is 0.533. The first-order valence-electron chi connectivity index (χ1n) is 7.42. The van der Waals surface area contributed by atoms with Crippen LogP contribution in [0.2, 0.25) is 0 Å². The lowest BCUT2D eigenvalue weighted by atomic mass is 9.84. The minimum atomic E-state index is 0.533. The predicted molar refractivity (Wildman–Crippen MR) is 81.3 cm³/mol. The number of hydrogen-bond acceptors (Lipinski definition) is 4. The number of rotatable bonds is 4. The number of nitrogens with zero attached hydrogens (tertiary/aromatic N) is 2. The fourth-order valence-electron chi connectivity index (χ4n) is 3.37. The van der Waals surface area contributed by atoms with Crippen LogP contribution in [-0.2, 0) is 6.54 Å². The third-order valence-corrected chi connectivity index (χ3v) is 5.30. The molecule has 1 atom stereocenters. The lowest BCUT2D eigenvalue weighted by molar-refractivity contribution is 0.242. The maximum absolute atomic E-state index is 6.07. The molecule has 4 heteroatoms. The van der Waals surface area contributed by atoms with Gasteiger partial charge in [-0.05, 0) is 23.8 Å². The highest BCUT2D eigenvalue weighted by atomic mass is 32.1. The van der Waals surface area contributed by atoms with Gasteiger partial charge in [0.1, 0.15) is 0 Å². The highest BCUT2D eigenvalue weighted by molar-refractivity contribution is 7.09. The Balaban J connectivity index is 1.60. The Labute approximate surface area is 119 Å². The Morgan fingerprint density at radius 2 is 2.16 bits per heavy atom. The third-order valence-electron chi connectivity index (χ3n) is 4.44. The quantitative estimate of drug-likeness (QED) is 0.918. The van der Waals surface area contributed by atoms with E-state index in [9.17, 15) is 0 Å². The second-order valence-corrected chi connectivity index (χ2v) is 6.83. The van der Waals surface area contributed by atoms with Gasteiger partial charge in [0.05, 0.1) is 19.1 Å².